The predicted molar refractivity (Wildman–Crippen MR) is 96.8 cm³/mol. The second-order valence-corrected chi connectivity index (χ2v) is 6.47. The fourth-order valence-corrected chi connectivity index (χ4v) is 3.14. The number of benzene rings is 1. The summed E-state index contributed by atoms with van der Waals surface area (Å²) in [6.45, 7) is -0.190. The van der Waals surface area contributed by atoms with Crippen LogP contribution in [0.15, 0.2) is 43.0 Å². The summed E-state index contributed by atoms with van der Waals surface area (Å²) in [6.07, 6.45) is -1.56. The number of carbonyl (C=O) groups excluding carboxylic acids is 1. The molecule has 4 atom stereocenters. The number of aromatic nitrogens is 4. The maximum atomic E-state index is 12.0. The number of hydrogen-bond acceptors (Lipinski definition) is 9. The lowest BCUT2D eigenvalue weighted by atomic mass is 10.1. The highest BCUT2D eigenvalue weighted by Crippen LogP contribution is 2.32. The first-order valence-electron chi connectivity index (χ1n) is 8.68. The Bertz CT molecular complexity index is 979. The molecule has 4 N–H and O–H groups in total. The number of anilines is 1. The van der Waals surface area contributed by atoms with Gasteiger partial charge < -0.3 is 25.4 Å². The van der Waals surface area contributed by atoms with Crippen LogP contribution >= 0.6 is 0 Å². The lowest BCUT2D eigenvalue weighted by molar-refractivity contribution is -0.149. The van der Waals surface area contributed by atoms with Crippen LogP contribution in [0.5, 0.6) is 0 Å². The van der Waals surface area contributed by atoms with Crippen molar-refractivity contribution in [3.8, 4) is 0 Å². The van der Waals surface area contributed by atoms with E-state index in [0.29, 0.717) is 11.2 Å². The van der Waals surface area contributed by atoms with Gasteiger partial charge in [-0.05, 0) is 5.56 Å². The van der Waals surface area contributed by atoms with E-state index in [1.807, 2.05) is 30.3 Å². The van der Waals surface area contributed by atoms with E-state index in [1.54, 1.807) is 0 Å². The minimum atomic E-state index is -1.26. The number of nitrogens with two attached hydrogens (primary N) is 1. The lowest BCUT2D eigenvalue weighted by Gasteiger charge is -2.16. The van der Waals surface area contributed by atoms with Crippen molar-refractivity contribution in [3.05, 3.63) is 48.5 Å². The molecule has 0 amide bonds. The van der Waals surface area contributed by atoms with Crippen LogP contribution in [0.2, 0.25) is 0 Å². The molecular weight excluding hydrogens is 366 g/mol. The Kier molecular flexibility index (Phi) is 4.90. The number of nitrogens with zero attached hydrogens (tertiary/aromatic N) is 4. The number of ether oxygens (including phenoxy) is 2. The van der Waals surface area contributed by atoms with Crippen molar-refractivity contribution in [2.45, 2.75) is 31.0 Å². The van der Waals surface area contributed by atoms with Crippen LogP contribution < -0.4 is 5.73 Å². The highest BCUT2D eigenvalue weighted by atomic mass is 16.6. The Balaban J connectivity index is 1.43. The van der Waals surface area contributed by atoms with Gasteiger partial charge in [0.25, 0.3) is 0 Å². The maximum absolute atomic E-state index is 12.0. The van der Waals surface area contributed by atoms with Crippen LogP contribution in [0.25, 0.3) is 11.2 Å². The molecule has 1 aliphatic rings. The maximum Gasteiger partial charge on any atom is 0.310 e. The SMILES string of the molecule is Nc1ncnc2c1ncn2[C@@H]1O[C@H](COC(=O)Cc2ccccc2)[C@@H](O)[C@H]1O. The second-order valence-electron chi connectivity index (χ2n) is 6.47. The summed E-state index contributed by atoms with van der Waals surface area (Å²) in [4.78, 5) is 24.1. The van der Waals surface area contributed by atoms with Crippen molar-refractivity contribution in [2.24, 2.45) is 0 Å². The molecule has 1 aromatic carbocycles. The minimum Gasteiger partial charge on any atom is -0.463 e. The average Bonchev–Trinajstić information content (AvgIpc) is 3.24. The zero-order valence-electron chi connectivity index (χ0n) is 14.8. The van der Waals surface area contributed by atoms with Crippen LogP contribution in [0.4, 0.5) is 5.82 Å². The monoisotopic (exact) mass is 385 g/mol. The molecule has 1 aliphatic heterocycles. The second kappa shape index (κ2) is 7.50. The number of rotatable bonds is 5. The van der Waals surface area contributed by atoms with Gasteiger partial charge >= 0.3 is 5.97 Å². The molecule has 0 spiro atoms. The van der Waals surface area contributed by atoms with Crippen molar-refractivity contribution in [1.29, 1.82) is 0 Å². The van der Waals surface area contributed by atoms with Crippen molar-refractivity contribution >= 4 is 23.0 Å². The Morgan fingerprint density at radius 1 is 1.18 bits per heavy atom. The standard InChI is InChI=1S/C18H19N5O5/c19-16-13-17(21-8-20-16)23(9-22-13)18-15(26)14(25)11(28-18)7-27-12(24)6-10-4-2-1-3-5-10/h1-5,8-9,11,14-15,18,25-26H,6-7H2,(H2,19,20,21)/t11-,14-,15-,18-/m1/s1. The van der Waals surface area contributed by atoms with E-state index in [2.05, 4.69) is 15.0 Å². The third-order valence-corrected chi connectivity index (χ3v) is 4.60. The minimum absolute atomic E-state index is 0.109. The molecule has 4 rings (SSSR count). The Morgan fingerprint density at radius 2 is 1.96 bits per heavy atom. The fraction of sp³-hybridized carbons (Fsp3) is 0.333. The summed E-state index contributed by atoms with van der Waals surface area (Å²) < 4.78 is 12.4. The van der Waals surface area contributed by atoms with Crippen LogP contribution in [0, 0.1) is 0 Å². The van der Waals surface area contributed by atoms with Crippen molar-refractivity contribution in [2.75, 3.05) is 12.3 Å². The van der Waals surface area contributed by atoms with Gasteiger partial charge in [-0.1, -0.05) is 30.3 Å². The van der Waals surface area contributed by atoms with E-state index < -0.39 is 30.5 Å². The normalized spacial score (nSPS) is 24.5. The smallest absolute Gasteiger partial charge is 0.310 e. The van der Waals surface area contributed by atoms with Crippen LogP contribution in [-0.2, 0) is 20.7 Å². The number of aliphatic hydroxyl groups excluding tert-OH is 2. The average molecular weight is 385 g/mol. The first-order chi connectivity index (χ1) is 13.5. The van der Waals surface area contributed by atoms with E-state index in [-0.39, 0.29) is 18.8 Å². The van der Waals surface area contributed by atoms with Gasteiger partial charge in [0.1, 0.15) is 36.8 Å². The zero-order chi connectivity index (χ0) is 19.7. The lowest BCUT2D eigenvalue weighted by Crippen LogP contribution is -2.34. The number of fused-ring (bicyclic) bond motifs is 1. The van der Waals surface area contributed by atoms with Gasteiger partial charge in [-0.15, -0.1) is 0 Å². The van der Waals surface area contributed by atoms with Crippen LogP contribution in [-0.4, -0.2) is 60.6 Å². The first kappa shape index (κ1) is 18.3. The molecule has 1 saturated heterocycles. The largest absolute Gasteiger partial charge is 0.463 e. The van der Waals surface area contributed by atoms with Gasteiger partial charge in [-0.25, -0.2) is 15.0 Å². The highest BCUT2D eigenvalue weighted by Gasteiger charge is 2.44. The Morgan fingerprint density at radius 3 is 2.75 bits per heavy atom. The fourth-order valence-electron chi connectivity index (χ4n) is 3.14. The molecule has 0 bridgehead atoms. The van der Waals surface area contributed by atoms with Gasteiger partial charge in [-0.2, -0.15) is 0 Å². The van der Waals surface area contributed by atoms with E-state index >= 15 is 0 Å². The number of imidazole rings is 1. The first-order valence-corrected chi connectivity index (χ1v) is 8.68. The molecule has 0 saturated carbocycles. The van der Waals surface area contributed by atoms with Gasteiger partial charge in [-0.3, -0.25) is 9.36 Å². The molecule has 0 aliphatic carbocycles. The molecule has 28 heavy (non-hydrogen) atoms. The van der Waals surface area contributed by atoms with Gasteiger partial charge in [0.05, 0.1) is 12.7 Å². The highest BCUT2D eigenvalue weighted by molar-refractivity contribution is 5.81. The van der Waals surface area contributed by atoms with E-state index in [1.165, 1.54) is 17.2 Å². The molecule has 2 aromatic heterocycles. The quantitative estimate of drug-likeness (QED) is 0.509. The van der Waals surface area contributed by atoms with Crippen molar-refractivity contribution in [1.82, 2.24) is 19.5 Å². The van der Waals surface area contributed by atoms with Crippen molar-refractivity contribution in [3.63, 3.8) is 0 Å². The number of esters is 1. The molecule has 10 heteroatoms. The molecule has 0 unspecified atom stereocenters. The third kappa shape index (κ3) is 3.40. The van der Waals surface area contributed by atoms with E-state index in [0.717, 1.165) is 5.56 Å². The van der Waals surface area contributed by atoms with Crippen LogP contribution in [0.3, 0.4) is 0 Å². The molecule has 0 radical (unpaired) electrons. The van der Waals surface area contributed by atoms with Gasteiger partial charge in [0.2, 0.25) is 0 Å². The Labute approximate surface area is 159 Å². The number of aliphatic hydroxyl groups is 2. The topological polar surface area (TPSA) is 146 Å². The molecule has 3 heterocycles. The zero-order valence-corrected chi connectivity index (χ0v) is 14.8. The molecule has 146 valence electrons. The van der Waals surface area contributed by atoms with Crippen LogP contribution in [0.1, 0.15) is 11.8 Å². The summed E-state index contributed by atoms with van der Waals surface area (Å²) in [5, 5.41) is 20.7. The number of nitrogen functional groups attached to an aromatic ring is 1. The summed E-state index contributed by atoms with van der Waals surface area (Å²) in [6, 6.07) is 9.16. The molecular formula is C18H19N5O5. The molecule has 10 nitrogen and oxygen atoms in total. The van der Waals surface area contributed by atoms with E-state index in [4.69, 9.17) is 15.2 Å². The molecule has 1 fully saturated rings. The van der Waals surface area contributed by atoms with E-state index in [9.17, 15) is 15.0 Å². The Hall–Kier alpha value is -3.08. The van der Waals surface area contributed by atoms with Crippen molar-refractivity contribution < 1.29 is 24.5 Å². The molecule has 3 aromatic rings. The predicted octanol–water partition coefficient (Wildman–Crippen LogP) is -0.186. The number of carbonyl (C=O) groups is 1. The summed E-state index contributed by atoms with van der Waals surface area (Å²) in [7, 11) is 0. The third-order valence-electron chi connectivity index (χ3n) is 4.60. The number of hydrogen-bond donors (Lipinski definition) is 3. The summed E-state index contributed by atoms with van der Waals surface area (Å²) in [5.41, 5.74) is 7.32. The summed E-state index contributed by atoms with van der Waals surface area (Å²) >= 11 is 0. The van der Waals surface area contributed by atoms with Gasteiger partial charge in [0.15, 0.2) is 17.7 Å². The van der Waals surface area contributed by atoms with Gasteiger partial charge in [0, 0.05) is 0 Å². The summed E-state index contributed by atoms with van der Waals surface area (Å²) in [5.74, 6) is -0.253.